The predicted octanol–water partition coefficient (Wildman–Crippen LogP) is 0.523. The quantitative estimate of drug-likeness (QED) is 0.590. The molecule has 0 radical (unpaired) electrons. The summed E-state index contributed by atoms with van der Waals surface area (Å²) < 4.78 is 10.7. The maximum absolute atomic E-state index is 12.5. The molecule has 9 heteroatoms. The van der Waals surface area contributed by atoms with E-state index in [1.54, 1.807) is 25.2 Å². The van der Waals surface area contributed by atoms with Gasteiger partial charge >= 0.3 is 0 Å². The lowest BCUT2D eigenvalue weighted by Gasteiger charge is -2.35. The second-order valence-corrected chi connectivity index (χ2v) is 7.89. The van der Waals surface area contributed by atoms with Gasteiger partial charge in [-0.05, 0) is 30.5 Å². The molecule has 2 saturated heterocycles. The minimum atomic E-state index is -0.553. The summed E-state index contributed by atoms with van der Waals surface area (Å²) in [5, 5.41) is 5.71. The van der Waals surface area contributed by atoms with E-state index in [9.17, 15) is 14.4 Å². The van der Waals surface area contributed by atoms with E-state index in [0.29, 0.717) is 50.6 Å². The van der Waals surface area contributed by atoms with Crippen LogP contribution in [0, 0.1) is 0 Å². The highest BCUT2D eigenvalue weighted by atomic mass is 16.5. The first-order valence-electron chi connectivity index (χ1n) is 10.8. The predicted molar refractivity (Wildman–Crippen MR) is 115 cm³/mol. The normalized spacial score (nSPS) is 19.7. The lowest BCUT2D eigenvalue weighted by Crippen LogP contribution is -2.56. The molecule has 2 heterocycles. The van der Waals surface area contributed by atoms with Crippen LogP contribution in [-0.4, -0.2) is 80.5 Å². The van der Waals surface area contributed by atoms with Gasteiger partial charge in [-0.3, -0.25) is 19.3 Å². The van der Waals surface area contributed by atoms with Gasteiger partial charge in [0.05, 0.1) is 26.7 Å². The Morgan fingerprint density at radius 2 is 1.87 bits per heavy atom. The zero-order valence-electron chi connectivity index (χ0n) is 18.3. The second kappa shape index (κ2) is 11.0. The molecule has 170 valence electrons. The molecule has 2 aliphatic heterocycles. The van der Waals surface area contributed by atoms with Crippen molar-refractivity contribution in [2.24, 2.45) is 0 Å². The molecule has 1 atom stereocenters. The molecular formula is C22H32N4O5. The molecule has 1 aromatic carbocycles. The molecule has 0 bridgehead atoms. The molecule has 9 nitrogen and oxygen atoms in total. The molecule has 3 rings (SSSR count). The van der Waals surface area contributed by atoms with Crippen LogP contribution in [0.3, 0.4) is 0 Å². The Labute approximate surface area is 183 Å². The average Bonchev–Trinajstić information content (AvgIpc) is 2.77. The van der Waals surface area contributed by atoms with Crippen molar-refractivity contribution in [2.75, 3.05) is 46.9 Å². The topological polar surface area (TPSA) is 100 Å². The molecule has 0 saturated carbocycles. The molecule has 2 N–H and O–H groups in total. The number of likely N-dealkylation sites (tertiary alicyclic amines) is 1. The van der Waals surface area contributed by atoms with E-state index in [2.05, 4.69) is 10.6 Å². The highest BCUT2D eigenvalue weighted by molar-refractivity contribution is 5.88. The number of ether oxygens (including phenoxy) is 2. The maximum atomic E-state index is 12.5. The monoisotopic (exact) mass is 432 g/mol. The summed E-state index contributed by atoms with van der Waals surface area (Å²) in [5.41, 5.74) is 0.944. The third kappa shape index (κ3) is 6.33. The number of hydrogen-bond acceptors (Lipinski definition) is 6. The van der Waals surface area contributed by atoms with E-state index in [1.165, 1.54) is 0 Å². The van der Waals surface area contributed by atoms with E-state index in [1.807, 2.05) is 17.0 Å². The first-order valence-corrected chi connectivity index (χ1v) is 10.8. The van der Waals surface area contributed by atoms with Crippen LogP contribution in [-0.2, 0) is 20.9 Å². The number of nitrogens with zero attached hydrogens (tertiary/aromatic N) is 2. The fraction of sp³-hybridized carbons (Fsp3) is 0.591. The Balaban J connectivity index is 1.57. The first kappa shape index (κ1) is 22.9. The molecule has 31 heavy (non-hydrogen) atoms. The number of hydrogen-bond donors (Lipinski definition) is 2. The van der Waals surface area contributed by atoms with E-state index in [0.717, 1.165) is 24.9 Å². The summed E-state index contributed by atoms with van der Waals surface area (Å²) in [5.74, 6) is 1.16. The number of rotatable bonds is 9. The molecule has 2 fully saturated rings. The summed E-state index contributed by atoms with van der Waals surface area (Å²) in [6, 6.07) is 5.05. The van der Waals surface area contributed by atoms with E-state index in [4.69, 9.17) is 9.47 Å². The fourth-order valence-electron chi connectivity index (χ4n) is 4.04. The van der Waals surface area contributed by atoms with E-state index in [-0.39, 0.29) is 24.1 Å². The van der Waals surface area contributed by atoms with Crippen molar-refractivity contribution in [2.45, 2.75) is 38.3 Å². The minimum Gasteiger partial charge on any atom is -0.497 e. The number of carbonyl (C=O) groups excluding carboxylic acids is 3. The summed E-state index contributed by atoms with van der Waals surface area (Å²) in [4.78, 5) is 40.7. The molecule has 0 aromatic heterocycles. The number of amides is 3. The van der Waals surface area contributed by atoms with E-state index >= 15 is 0 Å². The van der Waals surface area contributed by atoms with Crippen LogP contribution in [0.4, 0.5) is 0 Å². The van der Waals surface area contributed by atoms with Gasteiger partial charge in [0.2, 0.25) is 17.7 Å². The Morgan fingerprint density at radius 1 is 1.13 bits per heavy atom. The van der Waals surface area contributed by atoms with Gasteiger partial charge < -0.3 is 25.0 Å². The zero-order chi connectivity index (χ0) is 22.2. The average molecular weight is 433 g/mol. The fourth-order valence-corrected chi connectivity index (χ4v) is 4.04. The number of benzene rings is 1. The van der Waals surface area contributed by atoms with Gasteiger partial charge in [-0.25, -0.2) is 0 Å². The van der Waals surface area contributed by atoms with Crippen molar-refractivity contribution in [3.8, 4) is 11.5 Å². The number of carbonyl (C=O) groups is 3. The summed E-state index contributed by atoms with van der Waals surface area (Å²) in [6.07, 6.45) is 2.60. The lowest BCUT2D eigenvalue weighted by molar-refractivity contribution is -0.134. The molecular weight excluding hydrogens is 400 g/mol. The van der Waals surface area contributed by atoms with E-state index < -0.39 is 6.04 Å². The minimum absolute atomic E-state index is 0.0703. The Kier molecular flexibility index (Phi) is 8.11. The molecule has 0 spiro atoms. The van der Waals surface area contributed by atoms with Crippen LogP contribution >= 0.6 is 0 Å². The van der Waals surface area contributed by atoms with Gasteiger partial charge in [-0.2, -0.15) is 0 Å². The molecule has 3 amide bonds. The molecule has 1 aromatic rings. The summed E-state index contributed by atoms with van der Waals surface area (Å²) in [7, 11) is 3.19. The Morgan fingerprint density at radius 3 is 2.55 bits per heavy atom. The standard InChI is InChI=1S/C22H32N4O5/c1-30-17-11-16(12-18(13-17)31-2)15-26-10-7-24-22(29)19(26)14-20(27)23-6-9-25-8-4-3-5-21(25)28/h11-13,19H,3-10,14-15H2,1-2H3,(H,23,27)(H,24,29). The number of piperidine rings is 1. The van der Waals surface area contributed by atoms with Crippen molar-refractivity contribution in [3.63, 3.8) is 0 Å². The number of methoxy groups -OCH3 is 2. The smallest absolute Gasteiger partial charge is 0.237 e. The summed E-state index contributed by atoms with van der Waals surface area (Å²) >= 11 is 0. The summed E-state index contributed by atoms with van der Waals surface area (Å²) in [6.45, 7) is 3.33. The Bertz CT molecular complexity index is 778. The first-order chi connectivity index (χ1) is 15.0. The third-order valence-corrected chi connectivity index (χ3v) is 5.74. The van der Waals surface area contributed by atoms with Gasteiger partial charge in [0, 0.05) is 51.8 Å². The Hall–Kier alpha value is -2.81. The van der Waals surface area contributed by atoms with Gasteiger partial charge in [-0.1, -0.05) is 0 Å². The van der Waals surface area contributed by atoms with Crippen LogP contribution in [0.5, 0.6) is 11.5 Å². The highest BCUT2D eigenvalue weighted by Gasteiger charge is 2.31. The molecule has 2 aliphatic rings. The van der Waals surface area contributed by atoms with Crippen molar-refractivity contribution >= 4 is 17.7 Å². The van der Waals surface area contributed by atoms with Crippen LogP contribution in [0.25, 0.3) is 0 Å². The van der Waals surface area contributed by atoms with Gasteiger partial charge in [-0.15, -0.1) is 0 Å². The van der Waals surface area contributed by atoms with Crippen LogP contribution in [0.1, 0.15) is 31.2 Å². The number of piperazine rings is 1. The second-order valence-electron chi connectivity index (χ2n) is 7.89. The number of nitrogens with one attached hydrogen (secondary N) is 2. The lowest BCUT2D eigenvalue weighted by atomic mass is 10.1. The molecule has 0 aliphatic carbocycles. The van der Waals surface area contributed by atoms with Crippen LogP contribution in [0.2, 0.25) is 0 Å². The zero-order valence-corrected chi connectivity index (χ0v) is 18.3. The van der Waals surface area contributed by atoms with Crippen molar-refractivity contribution in [1.82, 2.24) is 20.4 Å². The molecule has 1 unspecified atom stereocenters. The van der Waals surface area contributed by atoms with Crippen molar-refractivity contribution in [1.29, 1.82) is 0 Å². The van der Waals surface area contributed by atoms with Crippen LogP contribution in [0.15, 0.2) is 18.2 Å². The maximum Gasteiger partial charge on any atom is 0.237 e. The SMILES string of the molecule is COc1cc(CN2CCNC(=O)C2CC(=O)NCCN2CCCCC2=O)cc(OC)c1. The van der Waals surface area contributed by atoms with Crippen LogP contribution < -0.4 is 20.1 Å². The van der Waals surface area contributed by atoms with Crippen molar-refractivity contribution in [3.05, 3.63) is 23.8 Å². The van der Waals surface area contributed by atoms with Gasteiger partial charge in [0.15, 0.2) is 0 Å². The third-order valence-electron chi connectivity index (χ3n) is 5.74. The largest absolute Gasteiger partial charge is 0.497 e. The van der Waals surface area contributed by atoms with Gasteiger partial charge in [0.25, 0.3) is 0 Å². The van der Waals surface area contributed by atoms with Gasteiger partial charge in [0.1, 0.15) is 11.5 Å². The van der Waals surface area contributed by atoms with Crippen molar-refractivity contribution < 1.29 is 23.9 Å². The highest BCUT2D eigenvalue weighted by Crippen LogP contribution is 2.24.